The van der Waals surface area contributed by atoms with Gasteiger partial charge in [0.2, 0.25) is 0 Å². The minimum atomic E-state index is 0.459. The number of aryl methyl sites for hydroxylation is 3. The van der Waals surface area contributed by atoms with Crippen molar-refractivity contribution in [3.05, 3.63) is 445 Å². The number of aromatic nitrogens is 10. The summed E-state index contributed by atoms with van der Waals surface area (Å²) < 4.78 is 9.38. The van der Waals surface area contributed by atoms with Gasteiger partial charge in [0.15, 0.2) is 34.9 Å². The molecule has 0 aliphatic carbocycles. The molecule has 618 valence electrons. The zero-order valence-electron chi connectivity index (χ0n) is 72.3. The Kier molecular flexibility index (Phi) is 18.8. The third kappa shape index (κ3) is 13.2. The number of fused-ring (bicyclic) bond motifs is 12. The van der Waals surface area contributed by atoms with Crippen molar-refractivity contribution < 1.29 is 0 Å². The lowest BCUT2D eigenvalue weighted by Crippen LogP contribution is -2.07. The predicted octanol–water partition coefficient (Wildman–Crippen LogP) is 29.4. The lowest BCUT2D eigenvalue weighted by atomic mass is 9.91. The van der Waals surface area contributed by atoms with E-state index in [-0.39, 0.29) is 0 Å². The van der Waals surface area contributed by atoms with Crippen molar-refractivity contribution in [2.45, 2.75) is 27.2 Å². The third-order valence-corrected chi connectivity index (χ3v) is 26.0. The van der Waals surface area contributed by atoms with Gasteiger partial charge in [0.25, 0.3) is 0 Å². The van der Waals surface area contributed by atoms with E-state index >= 15 is 0 Å². The number of nitriles is 2. The van der Waals surface area contributed by atoms with Crippen LogP contribution in [0, 0.1) is 43.4 Å². The summed E-state index contributed by atoms with van der Waals surface area (Å²) in [6.45, 7) is 6.39. The molecule has 6 aromatic heterocycles. The van der Waals surface area contributed by atoms with Crippen LogP contribution in [0.2, 0.25) is 0 Å². The van der Waals surface area contributed by atoms with Gasteiger partial charge in [-0.2, -0.15) is 10.5 Å². The molecule has 0 saturated heterocycles. The molecule has 0 aliphatic rings. The third-order valence-electron chi connectivity index (χ3n) is 26.0. The van der Waals surface area contributed by atoms with E-state index < -0.39 is 0 Å². The normalized spacial score (nSPS) is 11.6. The fraction of sp³-hybridized carbons (Fsp3) is 0.0333. The van der Waals surface area contributed by atoms with Gasteiger partial charge in [0.1, 0.15) is 0 Å². The van der Waals surface area contributed by atoms with Crippen LogP contribution in [-0.4, -0.2) is 48.2 Å². The lowest BCUT2D eigenvalue weighted by molar-refractivity contribution is 1.07. The van der Waals surface area contributed by atoms with Gasteiger partial charge in [-0.3, -0.25) is 0 Å². The molecule has 6 heterocycles. The van der Waals surface area contributed by atoms with Crippen molar-refractivity contribution >= 4 is 87.2 Å². The summed E-state index contributed by atoms with van der Waals surface area (Å²) in [5.41, 5.74) is 30.6. The smallest absolute Gasteiger partial charge is 0.164 e. The summed E-state index contributed by atoms with van der Waals surface area (Å²) in [6.07, 6.45) is 0.672. The molecule has 0 fully saturated rings. The summed E-state index contributed by atoms with van der Waals surface area (Å²) in [5, 5.41) is 32.3. The number of hydrogen-bond donors (Lipinski definition) is 0. The van der Waals surface area contributed by atoms with E-state index in [1.54, 1.807) is 0 Å². The first-order valence-electron chi connectivity index (χ1n) is 44.5. The molecule has 0 atom stereocenters. The topological polar surface area (TPSA) is 145 Å². The molecule has 0 aliphatic heterocycles. The number of benzene rings is 18. The Morgan fingerprint density at radius 3 is 0.826 bits per heavy atom. The van der Waals surface area contributed by atoms with Gasteiger partial charge in [0, 0.05) is 98.7 Å². The van der Waals surface area contributed by atoms with Gasteiger partial charge < -0.3 is 18.3 Å². The summed E-state index contributed by atoms with van der Waals surface area (Å²) in [7, 11) is 0. The molecular formula is C120H78N12. The number of rotatable bonds is 16. The molecule has 0 radical (unpaired) electrons. The van der Waals surface area contributed by atoms with E-state index in [2.05, 4.69) is 342 Å². The number of hydrogen-bond acceptors (Lipinski definition) is 8. The van der Waals surface area contributed by atoms with Gasteiger partial charge in [-0.05, 0) is 170 Å². The zero-order chi connectivity index (χ0) is 88.2. The Morgan fingerprint density at radius 1 is 0.205 bits per heavy atom. The predicted molar refractivity (Wildman–Crippen MR) is 538 cm³/mol. The molecule has 132 heavy (non-hydrogen) atoms. The van der Waals surface area contributed by atoms with Crippen molar-refractivity contribution in [1.29, 1.82) is 10.5 Å². The van der Waals surface area contributed by atoms with Crippen LogP contribution < -0.4 is 0 Å². The largest absolute Gasteiger partial charge is 0.309 e. The monoisotopic (exact) mass is 1690 g/mol. The summed E-state index contributed by atoms with van der Waals surface area (Å²) >= 11 is 0. The summed E-state index contributed by atoms with van der Waals surface area (Å²) in [5.74, 6) is 3.00. The molecule has 0 N–H and O–H groups in total. The van der Waals surface area contributed by atoms with Crippen molar-refractivity contribution in [1.82, 2.24) is 48.2 Å². The standard InChI is InChI=1S/C120H78N12/c1-74-47-55-79(56-48-74)85-61-65-105-97(70-85)91-35-15-19-41-101(91)130(105)108-44-22-32-88(73-122)112(108)114-93(119-125-115(81-25-7-4-8-26-81)123-116(126-119)82-27-9-5-10-28-82)37-24-46-110(114)132-102-42-20-16-36-92(102)98-71-86(62-66-106(98)132)80-57-51-77(52-58-80)69-78-53-59-84(60-54-78)118-124-117(83-29-11-6-12-30-83)127-120(128-118)94-38-23-45-109(131-100-40-18-14-34-90(100)96-68-76(3)50-64-104(96)131)113(94)111-87(72-121)31-21-43-107(111)129-99-39-17-13-33-89(99)95-67-75(2)49-63-103(95)129/h4-68,70-71H,69H2,1-3H3. The minimum Gasteiger partial charge on any atom is -0.309 e. The van der Waals surface area contributed by atoms with E-state index in [4.69, 9.17) is 29.9 Å². The van der Waals surface area contributed by atoms with Gasteiger partial charge in [0.05, 0.1) is 90.1 Å². The molecule has 0 unspecified atom stereocenters. The van der Waals surface area contributed by atoms with Crippen LogP contribution in [0.4, 0.5) is 0 Å². The fourth-order valence-electron chi connectivity index (χ4n) is 19.9. The molecular weight excluding hydrogens is 1610 g/mol. The van der Waals surface area contributed by atoms with E-state index in [1.165, 1.54) is 5.56 Å². The highest BCUT2D eigenvalue weighted by molar-refractivity contribution is 6.16. The van der Waals surface area contributed by atoms with Crippen LogP contribution in [0.15, 0.2) is 406 Å². The Hall–Kier alpha value is -17.8. The van der Waals surface area contributed by atoms with E-state index in [0.29, 0.717) is 52.5 Å². The van der Waals surface area contributed by atoms with Crippen LogP contribution in [0.3, 0.4) is 0 Å². The molecule has 24 rings (SSSR count). The molecule has 0 saturated carbocycles. The summed E-state index contributed by atoms with van der Waals surface area (Å²) in [4.78, 5) is 32.5. The second-order valence-corrected chi connectivity index (χ2v) is 34.1. The second-order valence-electron chi connectivity index (χ2n) is 34.1. The van der Waals surface area contributed by atoms with Gasteiger partial charge >= 0.3 is 0 Å². The number of nitrogens with zero attached hydrogens (tertiary/aromatic N) is 12. The van der Waals surface area contributed by atoms with Gasteiger partial charge in [-0.1, -0.05) is 314 Å². The Labute approximate surface area is 761 Å². The maximum Gasteiger partial charge on any atom is 0.164 e. The highest BCUT2D eigenvalue weighted by Crippen LogP contribution is 2.50. The highest BCUT2D eigenvalue weighted by atomic mass is 15.1. The molecule has 0 amide bonds. The highest BCUT2D eigenvalue weighted by Gasteiger charge is 2.31. The van der Waals surface area contributed by atoms with E-state index in [1.807, 2.05) is 115 Å². The molecule has 0 bridgehead atoms. The van der Waals surface area contributed by atoms with Crippen molar-refractivity contribution in [3.8, 4) is 148 Å². The average Bonchev–Trinajstić information content (AvgIpc) is 1.55. The first-order valence-corrected chi connectivity index (χ1v) is 44.5. The maximum atomic E-state index is 11.8. The maximum absolute atomic E-state index is 11.8. The van der Waals surface area contributed by atoms with Crippen LogP contribution in [0.25, 0.3) is 223 Å². The van der Waals surface area contributed by atoms with Crippen LogP contribution in [-0.2, 0) is 6.42 Å². The van der Waals surface area contributed by atoms with Crippen molar-refractivity contribution in [2.24, 2.45) is 0 Å². The van der Waals surface area contributed by atoms with Gasteiger partial charge in [-0.15, -0.1) is 0 Å². The average molecular weight is 1690 g/mol. The first-order chi connectivity index (χ1) is 65.1. The first kappa shape index (κ1) is 77.7. The summed E-state index contributed by atoms with van der Waals surface area (Å²) in [6, 6.07) is 148. The lowest BCUT2D eigenvalue weighted by Gasteiger charge is -2.22. The quantitative estimate of drug-likeness (QED) is 0.0930. The molecule has 12 heteroatoms. The van der Waals surface area contributed by atoms with Crippen LogP contribution >= 0.6 is 0 Å². The van der Waals surface area contributed by atoms with E-state index in [9.17, 15) is 10.5 Å². The fourth-order valence-corrected chi connectivity index (χ4v) is 19.9. The Balaban J connectivity index is 0.615. The van der Waals surface area contributed by atoms with E-state index in [0.717, 1.165) is 210 Å². The Bertz CT molecular complexity index is 8840. The zero-order valence-corrected chi connectivity index (χ0v) is 72.3. The van der Waals surface area contributed by atoms with Gasteiger partial charge in [-0.25, -0.2) is 29.9 Å². The van der Waals surface area contributed by atoms with Crippen molar-refractivity contribution in [3.63, 3.8) is 0 Å². The Morgan fingerprint density at radius 2 is 0.470 bits per heavy atom. The second kappa shape index (κ2) is 31.9. The number of para-hydroxylation sites is 4. The molecule has 18 aromatic carbocycles. The molecule has 12 nitrogen and oxygen atoms in total. The van der Waals surface area contributed by atoms with Crippen molar-refractivity contribution in [2.75, 3.05) is 0 Å². The van der Waals surface area contributed by atoms with Crippen LogP contribution in [0.1, 0.15) is 38.9 Å². The molecule has 0 spiro atoms. The van der Waals surface area contributed by atoms with Crippen LogP contribution in [0.5, 0.6) is 0 Å². The minimum absolute atomic E-state index is 0.459. The molecule has 24 aromatic rings. The SMILES string of the molecule is Cc1ccc(-c2ccc3c(c2)c2ccccc2n3-c2cccc(C#N)c2-c2c(-c3nc(-c4ccccc4)nc(-c4ccccc4)n3)cccc2-n2c3ccccc3c3cc(-c4ccc(Cc5ccc(-c6nc(-c7ccccc7)nc(-c7cccc(-n8c9ccccc9c9cc(C)ccc98)c7-c7c(C#N)cccc7-n7c8ccccc8c8cc(C)ccc87)n6)cc5)cc4)ccc32)cc1.